The van der Waals surface area contributed by atoms with Gasteiger partial charge in [-0.05, 0) is 11.8 Å². The van der Waals surface area contributed by atoms with Gasteiger partial charge in [-0.3, -0.25) is 15.3 Å². The molecule has 0 spiro atoms. The van der Waals surface area contributed by atoms with Gasteiger partial charge in [0.2, 0.25) is 0 Å². The van der Waals surface area contributed by atoms with Crippen molar-refractivity contribution in [1.82, 2.24) is 15.3 Å². The van der Waals surface area contributed by atoms with E-state index in [0.29, 0.717) is 31.4 Å². The molecule has 86 valence electrons. The van der Waals surface area contributed by atoms with Crippen molar-refractivity contribution >= 4 is 41.5 Å². The first-order valence-electron chi connectivity index (χ1n) is 4.26. The summed E-state index contributed by atoms with van der Waals surface area (Å²) in [7, 11) is 0. The predicted molar refractivity (Wildman–Crippen MR) is 66.8 cm³/mol. The highest BCUT2D eigenvalue weighted by Gasteiger charge is 2.13. The second-order valence-electron chi connectivity index (χ2n) is 2.44. The minimum Gasteiger partial charge on any atom is -0.395 e. The standard InChI is InChI=1S/C6H16Cl2N3OPS/c7-1-3-9-13(14,10-4-2-8)11-5-6-12/h12H,1-6H2,(H3,9,10,11,14). The smallest absolute Gasteiger partial charge is 0.137 e. The molecule has 0 saturated heterocycles. The predicted octanol–water partition coefficient (Wildman–Crippen LogP) is 0.450. The van der Waals surface area contributed by atoms with Gasteiger partial charge in [0.1, 0.15) is 6.49 Å². The lowest BCUT2D eigenvalue weighted by atomic mass is 10.8. The van der Waals surface area contributed by atoms with Gasteiger partial charge in [-0.1, -0.05) is 0 Å². The highest BCUT2D eigenvalue weighted by atomic mass is 35.5. The van der Waals surface area contributed by atoms with Crippen LogP contribution >= 0.6 is 29.7 Å². The number of aliphatic hydroxyl groups excluding tert-OH is 1. The van der Waals surface area contributed by atoms with Crippen molar-refractivity contribution in [2.75, 3.05) is 38.0 Å². The van der Waals surface area contributed by atoms with E-state index in [0.717, 1.165) is 0 Å². The monoisotopic (exact) mass is 279 g/mol. The quantitative estimate of drug-likeness (QED) is 0.365. The summed E-state index contributed by atoms with van der Waals surface area (Å²) in [5, 5.41) is 18.0. The molecule has 0 aliphatic rings. The summed E-state index contributed by atoms with van der Waals surface area (Å²) in [6.07, 6.45) is 0. The highest BCUT2D eigenvalue weighted by Crippen LogP contribution is 2.29. The van der Waals surface area contributed by atoms with Crippen LogP contribution in [0, 0.1) is 0 Å². The third kappa shape index (κ3) is 7.37. The van der Waals surface area contributed by atoms with E-state index in [1.54, 1.807) is 0 Å². The second kappa shape index (κ2) is 9.31. The molecule has 0 heterocycles. The molecule has 0 amide bonds. The van der Waals surface area contributed by atoms with Gasteiger partial charge in [-0.25, -0.2) is 0 Å². The number of alkyl halides is 2. The topological polar surface area (TPSA) is 56.3 Å². The van der Waals surface area contributed by atoms with Crippen LogP contribution in [0.2, 0.25) is 0 Å². The summed E-state index contributed by atoms with van der Waals surface area (Å²) >= 11 is 16.5. The average Bonchev–Trinajstić information content (AvgIpc) is 2.21. The van der Waals surface area contributed by atoms with E-state index < -0.39 is 6.49 Å². The Hall–Kier alpha value is 1.07. The van der Waals surface area contributed by atoms with Gasteiger partial charge in [0.05, 0.1) is 6.61 Å². The fourth-order valence-corrected chi connectivity index (χ4v) is 3.65. The first kappa shape index (κ1) is 15.1. The maximum atomic E-state index is 8.68. The number of hydrogen-bond acceptors (Lipinski definition) is 2. The average molecular weight is 280 g/mol. The number of hydrogen-bond donors (Lipinski definition) is 4. The van der Waals surface area contributed by atoms with Crippen molar-refractivity contribution in [3.05, 3.63) is 0 Å². The molecule has 14 heavy (non-hydrogen) atoms. The van der Waals surface area contributed by atoms with Crippen LogP contribution in [0.3, 0.4) is 0 Å². The summed E-state index contributed by atoms with van der Waals surface area (Å²) < 4.78 is 0. The van der Waals surface area contributed by atoms with Crippen molar-refractivity contribution in [3.63, 3.8) is 0 Å². The van der Waals surface area contributed by atoms with Crippen LogP contribution in [0.1, 0.15) is 0 Å². The zero-order chi connectivity index (χ0) is 10.9. The molecular weight excluding hydrogens is 264 g/mol. The van der Waals surface area contributed by atoms with E-state index in [1.165, 1.54) is 0 Å². The van der Waals surface area contributed by atoms with Gasteiger partial charge in [0.25, 0.3) is 0 Å². The summed E-state index contributed by atoms with van der Waals surface area (Å²) in [5.41, 5.74) is 0. The zero-order valence-electron chi connectivity index (χ0n) is 7.80. The highest BCUT2D eigenvalue weighted by molar-refractivity contribution is 8.11. The molecule has 4 nitrogen and oxygen atoms in total. The van der Waals surface area contributed by atoms with Gasteiger partial charge < -0.3 is 5.11 Å². The van der Waals surface area contributed by atoms with E-state index in [4.69, 9.17) is 40.1 Å². The maximum Gasteiger partial charge on any atom is 0.137 e. The van der Waals surface area contributed by atoms with Crippen molar-refractivity contribution in [1.29, 1.82) is 0 Å². The molecule has 8 heteroatoms. The lowest BCUT2D eigenvalue weighted by Crippen LogP contribution is -2.35. The molecule has 0 aromatic heterocycles. The first-order chi connectivity index (χ1) is 6.68. The first-order valence-corrected chi connectivity index (χ1v) is 8.14. The Labute approximate surface area is 99.9 Å². The molecule has 0 aromatic rings. The number of aliphatic hydroxyl groups is 1. The minimum atomic E-state index is -2.01. The van der Waals surface area contributed by atoms with E-state index >= 15 is 0 Å². The molecular formula is C6H16Cl2N3OPS. The molecule has 4 N–H and O–H groups in total. The van der Waals surface area contributed by atoms with Crippen molar-refractivity contribution in [2.24, 2.45) is 0 Å². The SMILES string of the molecule is OCCNP(=S)(NCCCl)NCCCl. The van der Waals surface area contributed by atoms with Gasteiger partial charge >= 0.3 is 0 Å². The molecule has 0 aliphatic heterocycles. The third-order valence-electron chi connectivity index (χ3n) is 1.30. The van der Waals surface area contributed by atoms with E-state index in [2.05, 4.69) is 15.3 Å². The van der Waals surface area contributed by atoms with Crippen LogP contribution in [-0.2, 0) is 11.8 Å². The van der Waals surface area contributed by atoms with Crippen molar-refractivity contribution in [3.8, 4) is 0 Å². The maximum absolute atomic E-state index is 8.68. The Morgan fingerprint density at radius 1 is 1.00 bits per heavy atom. The Kier molecular flexibility index (Phi) is 10.0. The van der Waals surface area contributed by atoms with E-state index in [-0.39, 0.29) is 6.61 Å². The fourth-order valence-electron chi connectivity index (χ4n) is 0.775. The third-order valence-corrected chi connectivity index (χ3v) is 4.85. The van der Waals surface area contributed by atoms with Crippen LogP contribution in [-0.4, -0.2) is 43.1 Å². The lowest BCUT2D eigenvalue weighted by Gasteiger charge is -2.24. The Morgan fingerprint density at radius 3 is 1.79 bits per heavy atom. The Morgan fingerprint density at radius 2 is 1.43 bits per heavy atom. The summed E-state index contributed by atoms with van der Waals surface area (Å²) in [6.45, 7) is -0.232. The molecule has 0 aliphatic carbocycles. The number of nitrogens with one attached hydrogen (secondary N) is 3. The molecule has 0 saturated carbocycles. The van der Waals surface area contributed by atoms with Gasteiger partial charge in [0.15, 0.2) is 0 Å². The Bertz CT molecular complexity index is 158. The number of rotatable bonds is 9. The van der Waals surface area contributed by atoms with Crippen LogP contribution in [0.4, 0.5) is 0 Å². The molecule has 0 bridgehead atoms. The summed E-state index contributed by atoms with van der Waals surface area (Å²) in [6, 6.07) is 0. The van der Waals surface area contributed by atoms with Crippen molar-refractivity contribution in [2.45, 2.75) is 0 Å². The molecule has 0 rings (SSSR count). The van der Waals surface area contributed by atoms with Crippen molar-refractivity contribution < 1.29 is 5.11 Å². The van der Waals surface area contributed by atoms with Gasteiger partial charge in [0, 0.05) is 31.4 Å². The van der Waals surface area contributed by atoms with Gasteiger partial charge in [-0.15, -0.1) is 23.2 Å². The van der Waals surface area contributed by atoms with Crippen LogP contribution in [0.5, 0.6) is 0 Å². The van der Waals surface area contributed by atoms with E-state index in [9.17, 15) is 0 Å². The Balaban J connectivity index is 3.97. The minimum absolute atomic E-state index is 0.0590. The lowest BCUT2D eigenvalue weighted by molar-refractivity contribution is 0.301. The fraction of sp³-hybridized carbons (Fsp3) is 1.00. The summed E-state index contributed by atoms with van der Waals surface area (Å²) in [4.78, 5) is 0. The largest absolute Gasteiger partial charge is 0.395 e. The normalized spacial score (nSPS) is 11.9. The van der Waals surface area contributed by atoms with Crippen LogP contribution in [0.25, 0.3) is 0 Å². The van der Waals surface area contributed by atoms with Crippen LogP contribution < -0.4 is 15.3 Å². The molecule has 0 radical (unpaired) electrons. The molecule has 0 fully saturated rings. The molecule has 0 atom stereocenters. The van der Waals surface area contributed by atoms with Gasteiger partial charge in [-0.2, -0.15) is 0 Å². The number of halogens is 2. The van der Waals surface area contributed by atoms with E-state index in [1.807, 2.05) is 0 Å². The molecule has 0 aromatic carbocycles. The van der Waals surface area contributed by atoms with Crippen LogP contribution in [0.15, 0.2) is 0 Å². The zero-order valence-corrected chi connectivity index (χ0v) is 11.0. The second-order valence-corrected chi connectivity index (χ2v) is 7.00. The summed E-state index contributed by atoms with van der Waals surface area (Å²) in [5.74, 6) is 1.00. The molecule has 0 unspecified atom stereocenters.